The Morgan fingerprint density at radius 2 is 2.23 bits per heavy atom. The van der Waals surface area contributed by atoms with Crippen molar-refractivity contribution >= 4 is 11.0 Å². The van der Waals surface area contributed by atoms with E-state index in [2.05, 4.69) is 39.3 Å². The molecule has 114 valence electrons. The van der Waals surface area contributed by atoms with E-state index in [0.717, 1.165) is 36.2 Å². The molecule has 2 atom stereocenters. The minimum Gasteiger partial charge on any atom is -0.369 e. The highest BCUT2D eigenvalue weighted by Crippen LogP contribution is 2.30. The van der Waals surface area contributed by atoms with Crippen LogP contribution in [0.3, 0.4) is 0 Å². The first kappa shape index (κ1) is 13.6. The zero-order valence-electron chi connectivity index (χ0n) is 12.7. The van der Waals surface area contributed by atoms with Gasteiger partial charge in [-0.15, -0.1) is 0 Å². The van der Waals surface area contributed by atoms with Crippen LogP contribution in [0.25, 0.3) is 11.0 Å². The monoisotopic (exact) mass is 294 g/mol. The molecule has 3 N–H and O–H groups in total. The molecular formula is C18H22N4. The highest BCUT2D eigenvalue weighted by molar-refractivity contribution is 5.74. The number of hydrogen-bond acceptors (Lipinski definition) is 3. The normalized spacial score (nSPS) is 24.4. The van der Waals surface area contributed by atoms with E-state index in [-0.39, 0.29) is 6.04 Å². The van der Waals surface area contributed by atoms with Crippen LogP contribution in [0.5, 0.6) is 0 Å². The van der Waals surface area contributed by atoms with Gasteiger partial charge in [0.15, 0.2) is 0 Å². The number of imidazole rings is 1. The first-order valence-electron chi connectivity index (χ1n) is 8.13. The summed E-state index contributed by atoms with van der Waals surface area (Å²) in [6, 6.07) is 8.82. The van der Waals surface area contributed by atoms with Gasteiger partial charge in [0.05, 0.1) is 17.1 Å². The average Bonchev–Trinajstić information content (AvgIpc) is 2.96. The second-order valence-corrected chi connectivity index (χ2v) is 6.27. The summed E-state index contributed by atoms with van der Waals surface area (Å²) in [4.78, 5) is 10.5. The fraction of sp³-hybridized carbons (Fsp3) is 0.389. The Bertz CT molecular complexity index is 695. The van der Waals surface area contributed by atoms with Crippen LogP contribution in [0, 0.1) is 0 Å². The summed E-state index contributed by atoms with van der Waals surface area (Å²) in [5.41, 5.74) is 10.0. The largest absolute Gasteiger partial charge is 0.369 e. The van der Waals surface area contributed by atoms with Crippen LogP contribution in [-0.4, -0.2) is 33.5 Å². The van der Waals surface area contributed by atoms with Crippen molar-refractivity contribution in [3.05, 3.63) is 54.0 Å². The van der Waals surface area contributed by atoms with E-state index in [9.17, 15) is 0 Å². The fourth-order valence-electron chi connectivity index (χ4n) is 3.71. The summed E-state index contributed by atoms with van der Waals surface area (Å²) in [6.07, 6.45) is 11.0. The van der Waals surface area contributed by atoms with Gasteiger partial charge in [0, 0.05) is 19.0 Å². The standard InChI is InChI=1S/C18H22N4/c19-14-7-3-5-13-6-4-11-22(18(13)14)12-10-17-20-15-8-1-2-9-16(15)21-17/h1-2,4,6,8-9,11,14,18H,3,5,7,10,12,19H2,(H,20,21). The Kier molecular flexibility index (Phi) is 3.47. The number of aromatic amines is 1. The van der Waals surface area contributed by atoms with Crippen molar-refractivity contribution in [1.29, 1.82) is 0 Å². The van der Waals surface area contributed by atoms with E-state index < -0.39 is 0 Å². The van der Waals surface area contributed by atoms with Gasteiger partial charge in [0.1, 0.15) is 5.82 Å². The highest BCUT2D eigenvalue weighted by atomic mass is 15.2. The first-order valence-corrected chi connectivity index (χ1v) is 8.13. The Morgan fingerprint density at radius 3 is 3.14 bits per heavy atom. The van der Waals surface area contributed by atoms with Crippen molar-refractivity contribution in [3.8, 4) is 0 Å². The molecule has 1 aromatic heterocycles. The van der Waals surface area contributed by atoms with Crippen LogP contribution in [-0.2, 0) is 6.42 Å². The molecule has 2 aromatic rings. The SMILES string of the molecule is NC1CCCC2=CC=CN(CCc3nc4ccccc4[nH]3)C21. The quantitative estimate of drug-likeness (QED) is 0.915. The summed E-state index contributed by atoms with van der Waals surface area (Å²) in [5, 5.41) is 0. The lowest BCUT2D eigenvalue weighted by Crippen LogP contribution is -2.50. The van der Waals surface area contributed by atoms with E-state index in [4.69, 9.17) is 5.73 Å². The molecule has 1 saturated carbocycles. The number of nitrogens with two attached hydrogens (primary N) is 1. The van der Waals surface area contributed by atoms with Crippen molar-refractivity contribution < 1.29 is 0 Å². The van der Waals surface area contributed by atoms with Crippen LogP contribution < -0.4 is 5.73 Å². The third-order valence-corrected chi connectivity index (χ3v) is 4.78. The third kappa shape index (κ3) is 2.44. The van der Waals surface area contributed by atoms with Gasteiger partial charge >= 0.3 is 0 Å². The van der Waals surface area contributed by atoms with Crippen LogP contribution in [0.1, 0.15) is 25.1 Å². The second kappa shape index (κ2) is 5.61. The Balaban J connectivity index is 1.48. The topological polar surface area (TPSA) is 57.9 Å². The summed E-state index contributed by atoms with van der Waals surface area (Å²) in [6.45, 7) is 0.950. The molecule has 0 saturated heterocycles. The van der Waals surface area contributed by atoms with Gasteiger partial charge in [0.2, 0.25) is 0 Å². The van der Waals surface area contributed by atoms with Crippen molar-refractivity contribution in [1.82, 2.24) is 14.9 Å². The smallest absolute Gasteiger partial charge is 0.109 e. The van der Waals surface area contributed by atoms with Gasteiger partial charge in [-0.25, -0.2) is 4.98 Å². The van der Waals surface area contributed by atoms with Crippen molar-refractivity contribution in [2.24, 2.45) is 5.73 Å². The lowest BCUT2D eigenvalue weighted by atomic mass is 9.84. The molecule has 22 heavy (non-hydrogen) atoms. The van der Waals surface area contributed by atoms with E-state index in [0.29, 0.717) is 6.04 Å². The van der Waals surface area contributed by atoms with Gasteiger partial charge in [-0.2, -0.15) is 0 Å². The number of rotatable bonds is 3. The molecule has 1 aromatic carbocycles. The lowest BCUT2D eigenvalue weighted by Gasteiger charge is -2.41. The fourth-order valence-corrected chi connectivity index (χ4v) is 3.71. The number of hydrogen-bond donors (Lipinski definition) is 2. The van der Waals surface area contributed by atoms with E-state index >= 15 is 0 Å². The molecule has 0 spiro atoms. The zero-order chi connectivity index (χ0) is 14.9. The molecule has 2 unspecified atom stereocenters. The van der Waals surface area contributed by atoms with Crippen LogP contribution in [0.2, 0.25) is 0 Å². The highest BCUT2D eigenvalue weighted by Gasteiger charge is 2.31. The first-order chi connectivity index (χ1) is 10.8. The molecule has 2 aliphatic rings. The minimum absolute atomic E-state index is 0.251. The molecule has 2 heterocycles. The van der Waals surface area contributed by atoms with Gasteiger partial charge in [-0.05, 0) is 49.2 Å². The number of nitrogens with zero attached hydrogens (tertiary/aromatic N) is 2. The maximum atomic E-state index is 6.37. The molecule has 0 radical (unpaired) electrons. The number of para-hydroxylation sites is 2. The van der Waals surface area contributed by atoms with Gasteiger partial charge in [-0.3, -0.25) is 0 Å². The molecule has 4 rings (SSSR count). The predicted octanol–water partition coefficient (Wildman–Crippen LogP) is 2.74. The number of benzene rings is 1. The Labute approximate surface area is 130 Å². The van der Waals surface area contributed by atoms with Gasteiger partial charge in [0.25, 0.3) is 0 Å². The Morgan fingerprint density at radius 1 is 1.32 bits per heavy atom. The van der Waals surface area contributed by atoms with Crippen LogP contribution >= 0.6 is 0 Å². The van der Waals surface area contributed by atoms with E-state index in [1.54, 1.807) is 0 Å². The molecular weight excluding hydrogens is 272 g/mol. The maximum Gasteiger partial charge on any atom is 0.109 e. The van der Waals surface area contributed by atoms with Crippen molar-refractivity contribution in [2.45, 2.75) is 37.8 Å². The number of nitrogens with one attached hydrogen (secondary N) is 1. The molecule has 1 aliphatic carbocycles. The number of fused-ring (bicyclic) bond motifs is 2. The number of allylic oxidation sites excluding steroid dienone is 2. The number of H-pyrrole nitrogens is 1. The summed E-state index contributed by atoms with van der Waals surface area (Å²) in [7, 11) is 0. The van der Waals surface area contributed by atoms with Crippen molar-refractivity contribution in [2.75, 3.05) is 6.54 Å². The molecule has 4 nitrogen and oxygen atoms in total. The van der Waals surface area contributed by atoms with Crippen molar-refractivity contribution in [3.63, 3.8) is 0 Å². The summed E-state index contributed by atoms with van der Waals surface area (Å²) in [5.74, 6) is 1.05. The predicted molar refractivity (Wildman–Crippen MR) is 89.3 cm³/mol. The average molecular weight is 294 g/mol. The number of aromatic nitrogens is 2. The summed E-state index contributed by atoms with van der Waals surface area (Å²) < 4.78 is 0. The summed E-state index contributed by atoms with van der Waals surface area (Å²) >= 11 is 0. The second-order valence-electron chi connectivity index (χ2n) is 6.27. The van der Waals surface area contributed by atoms with Crippen LogP contribution in [0.4, 0.5) is 0 Å². The third-order valence-electron chi connectivity index (χ3n) is 4.78. The molecule has 0 bridgehead atoms. The molecule has 1 fully saturated rings. The Hall–Kier alpha value is -2.07. The maximum absolute atomic E-state index is 6.37. The molecule has 0 amide bonds. The van der Waals surface area contributed by atoms with E-state index in [1.807, 2.05) is 18.2 Å². The zero-order valence-corrected chi connectivity index (χ0v) is 12.7. The molecule has 1 aliphatic heterocycles. The lowest BCUT2D eigenvalue weighted by molar-refractivity contribution is 0.238. The van der Waals surface area contributed by atoms with Gasteiger partial charge in [-0.1, -0.05) is 18.2 Å². The van der Waals surface area contributed by atoms with Crippen LogP contribution in [0.15, 0.2) is 48.2 Å². The minimum atomic E-state index is 0.251. The van der Waals surface area contributed by atoms with Gasteiger partial charge < -0.3 is 15.6 Å². The van der Waals surface area contributed by atoms with E-state index in [1.165, 1.54) is 18.4 Å². The molecule has 4 heteroatoms.